The summed E-state index contributed by atoms with van der Waals surface area (Å²) < 4.78 is 18.0. The van der Waals surface area contributed by atoms with Crippen LogP contribution in [0.5, 0.6) is 0 Å². The Morgan fingerprint density at radius 3 is 2.91 bits per heavy atom. The van der Waals surface area contributed by atoms with Crippen LogP contribution in [0.1, 0.15) is 30.2 Å². The number of aromatic nitrogens is 1. The highest BCUT2D eigenvalue weighted by Gasteiger charge is 2.27. The van der Waals surface area contributed by atoms with Gasteiger partial charge in [-0.15, -0.1) is 0 Å². The molecule has 5 nitrogen and oxygen atoms in total. The Labute approximate surface area is 128 Å². The molecule has 0 bridgehead atoms. The molecule has 1 aliphatic heterocycles. The van der Waals surface area contributed by atoms with Crippen LogP contribution in [-0.2, 0) is 4.79 Å². The van der Waals surface area contributed by atoms with Crippen LogP contribution in [0, 0.1) is 12.7 Å². The minimum absolute atomic E-state index is 0.123. The lowest BCUT2D eigenvalue weighted by Crippen LogP contribution is -2.33. The van der Waals surface area contributed by atoms with Crippen LogP contribution in [0.15, 0.2) is 34.9 Å². The number of hydrogen-bond donors (Lipinski definition) is 1. The molecule has 1 amide bonds. The molecule has 0 saturated carbocycles. The van der Waals surface area contributed by atoms with E-state index in [2.05, 4.69) is 15.4 Å². The van der Waals surface area contributed by atoms with Crippen LogP contribution in [0.4, 0.5) is 10.2 Å². The summed E-state index contributed by atoms with van der Waals surface area (Å²) in [4.78, 5) is 14.2. The summed E-state index contributed by atoms with van der Waals surface area (Å²) in [5, 5.41) is 6.48. The Morgan fingerprint density at radius 2 is 2.23 bits per heavy atom. The lowest BCUT2D eigenvalue weighted by atomic mass is 10.0. The highest BCUT2D eigenvalue weighted by molar-refractivity contribution is 5.91. The molecule has 1 aromatic heterocycles. The Kier molecular flexibility index (Phi) is 4.20. The van der Waals surface area contributed by atoms with E-state index in [4.69, 9.17) is 4.52 Å². The second-order valence-corrected chi connectivity index (χ2v) is 5.55. The van der Waals surface area contributed by atoms with Crippen molar-refractivity contribution in [2.45, 2.75) is 25.8 Å². The van der Waals surface area contributed by atoms with E-state index in [0.29, 0.717) is 11.6 Å². The summed E-state index contributed by atoms with van der Waals surface area (Å²) in [6, 6.07) is 8.34. The predicted molar refractivity (Wildman–Crippen MR) is 79.8 cm³/mol. The smallest absolute Gasteiger partial charge is 0.239 e. The molecule has 3 rings (SSSR count). The zero-order chi connectivity index (χ0) is 15.5. The quantitative estimate of drug-likeness (QED) is 0.943. The SMILES string of the molecule is Cc1cc(NC(=O)CN2CCCC2c2ccc(F)cc2)no1. The second-order valence-electron chi connectivity index (χ2n) is 5.55. The number of carbonyl (C=O) groups excluding carboxylic acids is 1. The van der Waals surface area contributed by atoms with Gasteiger partial charge in [-0.05, 0) is 44.0 Å². The van der Waals surface area contributed by atoms with E-state index in [1.807, 2.05) is 0 Å². The summed E-state index contributed by atoms with van der Waals surface area (Å²) in [6.07, 6.45) is 2.00. The number of benzene rings is 1. The van der Waals surface area contributed by atoms with E-state index >= 15 is 0 Å². The molecule has 1 atom stereocenters. The first-order valence-electron chi connectivity index (χ1n) is 7.34. The first-order valence-corrected chi connectivity index (χ1v) is 7.34. The summed E-state index contributed by atoms with van der Waals surface area (Å²) in [5.74, 6) is 0.718. The third-order valence-corrected chi connectivity index (χ3v) is 3.86. The fourth-order valence-electron chi connectivity index (χ4n) is 2.87. The van der Waals surface area contributed by atoms with Gasteiger partial charge < -0.3 is 9.84 Å². The van der Waals surface area contributed by atoms with E-state index in [1.165, 1.54) is 12.1 Å². The number of hydrogen-bond acceptors (Lipinski definition) is 4. The molecule has 2 aromatic rings. The van der Waals surface area contributed by atoms with E-state index in [-0.39, 0.29) is 24.3 Å². The van der Waals surface area contributed by atoms with Crippen LogP contribution in [-0.4, -0.2) is 29.1 Å². The Bertz CT molecular complexity index is 654. The topological polar surface area (TPSA) is 58.4 Å². The molecule has 0 radical (unpaired) electrons. The largest absolute Gasteiger partial charge is 0.360 e. The number of likely N-dealkylation sites (tertiary alicyclic amines) is 1. The third kappa shape index (κ3) is 3.33. The summed E-state index contributed by atoms with van der Waals surface area (Å²) in [7, 11) is 0. The lowest BCUT2D eigenvalue weighted by molar-refractivity contribution is -0.117. The van der Waals surface area contributed by atoms with Crippen molar-refractivity contribution < 1.29 is 13.7 Å². The van der Waals surface area contributed by atoms with E-state index < -0.39 is 0 Å². The molecule has 1 aromatic carbocycles. The lowest BCUT2D eigenvalue weighted by Gasteiger charge is -2.24. The van der Waals surface area contributed by atoms with Gasteiger partial charge in [0.15, 0.2) is 5.82 Å². The average molecular weight is 303 g/mol. The normalized spacial score (nSPS) is 18.5. The van der Waals surface area contributed by atoms with Crippen LogP contribution < -0.4 is 5.32 Å². The average Bonchev–Trinajstić information content (AvgIpc) is 3.09. The number of carbonyl (C=O) groups is 1. The van der Waals surface area contributed by atoms with Crippen LogP contribution in [0.2, 0.25) is 0 Å². The highest BCUT2D eigenvalue weighted by atomic mass is 19.1. The maximum atomic E-state index is 13.0. The maximum Gasteiger partial charge on any atom is 0.239 e. The number of rotatable bonds is 4. The molecule has 0 aliphatic carbocycles. The summed E-state index contributed by atoms with van der Waals surface area (Å²) in [6.45, 7) is 2.91. The fraction of sp³-hybridized carbons (Fsp3) is 0.375. The zero-order valence-electron chi connectivity index (χ0n) is 12.4. The van der Waals surface area contributed by atoms with Gasteiger partial charge in [0.2, 0.25) is 5.91 Å². The molecular formula is C16H18FN3O2. The van der Waals surface area contributed by atoms with Gasteiger partial charge in [0.1, 0.15) is 11.6 Å². The molecule has 2 heterocycles. The number of nitrogens with one attached hydrogen (secondary N) is 1. The van der Waals surface area contributed by atoms with Crippen LogP contribution in [0.3, 0.4) is 0 Å². The first kappa shape index (κ1) is 14.7. The number of halogens is 1. The minimum Gasteiger partial charge on any atom is -0.360 e. The molecule has 22 heavy (non-hydrogen) atoms. The van der Waals surface area contributed by atoms with Crippen molar-refractivity contribution in [3.63, 3.8) is 0 Å². The molecule has 1 fully saturated rings. The van der Waals surface area contributed by atoms with Crippen molar-refractivity contribution in [2.75, 3.05) is 18.4 Å². The van der Waals surface area contributed by atoms with Crippen molar-refractivity contribution in [2.24, 2.45) is 0 Å². The van der Waals surface area contributed by atoms with Crippen LogP contribution >= 0.6 is 0 Å². The number of anilines is 1. The molecule has 1 saturated heterocycles. The van der Waals surface area contributed by atoms with Gasteiger partial charge in [-0.3, -0.25) is 9.69 Å². The van der Waals surface area contributed by atoms with E-state index in [0.717, 1.165) is 24.9 Å². The Balaban J connectivity index is 1.63. The van der Waals surface area contributed by atoms with Crippen LogP contribution in [0.25, 0.3) is 0 Å². The van der Waals surface area contributed by atoms with Gasteiger partial charge in [-0.25, -0.2) is 4.39 Å². The number of amides is 1. The maximum absolute atomic E-state index is 13.0. The Hall–Kier alpha value is -2.21. The van der Waals surface area contributed by atoms with Gasteiger partial charge in [0, 0.05) is 12.1 Å². The van der Waals surface area contributed by atoms with Gasteiger partial charge in [-0.2, -0.15) is 0 Å². The van der Waals surface area contributed by atoms with Crippen molar-refractivity contribution >= 4 is 11.7 Å². The van der Waals surface area contributed by atoms with E-state index in [1.54, 1.807) is 25.1 Å². The molecule has 1 aliphatic rings. The van der Waals surface area contributed by atoms with Crippen molar-refractivity contribution in [1.29, 1.82) is 0 Å². The van der Waals surface area contributed by atoms with Gasteiger partial charge in [0.25, 0.3) is 0 Å². The predicted octanol–water partition coefficient (Wildman–Crippen LogP) is 2.90. The van der Waals surface area contributed by atoms with Gasteiger partial charge in [-0.1, -0.05) is 17.3 Å². The number of nitrogens with zero attached hydrogens (tertiary/aromatic N) is 2. The molecular weight excluding hydrogens is 285 g/mol. The zero-order valence-corrected chi connectivity index (χ0v) is 12.4. The van der Waals surface area contributed by atoms with Gasteiger partial charge in [0.05, 0.1) is 6.54 Å². The van der Waals surface area contributed by atoms with Crippen molar-refractivity contribution in [3.8, 4) is 0 Å². The van der Waals surface area contributed by atoms with Crippen molar-refractivity contribution in [3.05, 3.63) is 47.5 Å². The minimum atomic E-state index is -0.243. The molecule has 1 N–H and O–H groups in total. The number of aryl methyl sites for hydroxylation is 1. The molecule has 6 heteroatoms. The molecule has 0 spiro atoms. The molecule has 1 unspecified atom stereocenters. The van der Waals surface area contributed by atoms with E-state index in [9.17, 15) is 9.18 Å². The first-order chi connectivity index (χ1) is 10.6. The van der Waals surface area contributed by atoms with Crippen molar-refractivity contribution in [1.82, 2.24) is 10.1 Å². The fourth-order valence-corrected chi connectivity index (χ4v) is 2.87. The Morgan fingerprint density at radius 1 is 1.45 bits per heavy atom. The summed E-state index contributed by atoms with van der Waals surface area (Å²) in [5.41, 5.74) is 1.05. The van der Waals surface area contributed by atoms with Gasteiger partial charge >= 0.3 is 0 Å². The highest BCUT2D eigenvalue weighted by Crippen LogP contribution is 2.31. The molecule has 116 valence electrons. The second kappa shape index (κ2) is 6.27. The standard InChI is InChI=1S/C16H18FN3O2/c1-11-9-15(19-22-11)18-16(21)10-20-8-2-3-14(20)12-4-6-13(17)7-5-12/h4-7,9,14H,2-3,8,10H2,1H3,(H,18,19,21). The summed E-state index contributed by atoms with van der Waals surface area (Å²) >= 11 is 0. The third-order valence-electron chi connectivity index (χ3n) is 3.86. The monoisotopic (exact) mass is 303 g/mol.